The number of aliphatic imine (C=N–C) groups is 1. The molecule has 3 heterocycles. The van der Waals surface area contributed by atoms with E-state index in [1.165, 1.54) is 6.92 Å². The number of esters is 1. The van der Waals surface area contributed by atoms with Gasteiger partial charge in [0.05, 0.1) is 23.3 Å². The van der Waals surface area contributed by atoms with Gasteiger partial charge in [0.15, 0.2) is 11.5 Å². The van der Waals surface area contributed by atoms with Crippen molar-refractivity contribution in [1.82, 2.24) is 4.90 Å². The van der Waals surface area contributed by atoms with Crippen LogP contribution in [-0.2, 0) is 9.53 Å². The first kappa shape index (κ1) is 15.7. The number of hydrogen-bond acceptors (Lipinski definition) is 7. The second-order valence-electron chi connectivity index (χ2n) is 5.82. The van der Waals surface area contributed by atoms with Gasteiger partial charge in [-0.3, -0.25) is 4.79 Å². The van der Waals surface area contributed by atoms with Crippen LogP contribution in [0.2, 0.25) is 0 Å². The van der Waals surface area contributed by atoms with Crippen LogP contribution < -0.4 is 9.47 Å². The van der Waals surface area contributed by atoms with Crippen LogP contribution in [-0.4, -0.2) is 52.6 Å². The molecule has 4 rings (SSSR count). The molecule has 126 valence electrons. The van der Waals surface area contributed by atoms with Crippen LogP contribution in [0, 0.1) is 0 Å². The van der Waals surface area contributed by atoms with Crippen molar-refractivity contribution in [2.24, 2.45) is 4.99 Å². The van der Waals surface area contributed by atoms with Gasteiger partial charge in [-0.1, -0.05) is 12.2 Å². The van der Waals surface area contributed by atoms with E-state index >= 15 is 0 Å². The first-order valence-electron chi connectivity index (χ1n) is 7.61. The largest absolute Gasteiger partial charge is 0.461 e. The molecule has 0 unspecified atom stereocenters. The van der Waals surface area contributed by atoms with Crippen molar-refractivity contribution in [1.29, 1.82) is 0 Å². The molecule has 0 bridgehead atoms. The second-order valence-corrected chi connectivity index (χ2v) is 7.03. The number of carbonyl (C=O) groups is 1. The molecule has 1 saturated heterocycles. The Kier molecular flexibility index (Phi) is 3.88. The summed E-state index contributed by atoms with van der Waals surface area (Å²) in [6.45, 7) is 2.23. The number of thiocarbonyl (C=S) groups is 1. The van der Waals surface area contributed by atoms with E-state index in [1.54, 1.807) is 11.8 Å². The summed E-state index contributed by atoms with van der Waals surface area (Å²) in [4.78, 5) is 18.9. The van der Waals surface area contributed by atoms with Crippen molar-refractivity contribution in [2.45, 2.75) is 25.5 Å². The van der Waals surface area contributed by atoms with Gasteiger partial charge in [0.25, 0.3) is 0 Å². The van der Waals surface area contributed by atoms with E-state index in [9.17, 15) is 4.79 Å². The molecule has 1 aromatic rings. The molecule has 0 radical (unpaired) electrons. The highest BCUT2D eigenvalue weighted by Gasteiger charge is 2.41. The first-order valence-corrected chi connectivity index (χ1v) is 9.24. The first-order chi connectivity index (χ1) is 11.6. The van der Waals surface area contributed by atoms with Crippen LogP contribution in [0.25, 0.3) is 0 Å². The Labute approximate surface area is 149 Å². The lowest BCUT2D eigenvalue weighted by Crippen LogP contribution is -2.38. The number of carbonyl (C=O) groups excluding carboxylic acids is 1. The van der Waals surface area contributed by atoms with Gasteiger partial charge in [-0.25, -0.2) is 4.99 Å². The highest BCUT2D eigenvalue weighted by Crippen LogP contribution is 2.42. The molecular weight excluding hydrogens is 348 g/mol. The van der Waals surface area contributed by atoms with Crippen LogP contribution in [0.3, 0.4) is 0 Å². The highest BCUT2D eigenvalue weighted by molar-refractivity contribution is 8.13. The van der Waals surface area contributed by atoms with E-state index in [-0.39, 0.29) is 24.9 Å². The fourth-order valence-electron chi connectivity index (χ4n) is 3.30. The third kappa shape index (κ3) is 2.53. The zero-order valence-corrected chi connectivity index (χ0v) is 14.9. The van der Waals surface area contributed by atoms with Gasteiger partial charge < -0.3 is 19.1 Å². The highest BCUT2D eigenvalue weighted by atomic mass is 32.2. The molecule has 1 fully saturated rings. The van der Waals surface area contributed by atoms with Crippen LogP contribution in [0.1, 0.15) is 18.9 Å². The molecule has 2 atom stereocenters. The molecule has 3 aliphatic heterocycles. The van der Waals surface area contributed by atoms with Crippen molar-refractivity contribution < 1.29 is 19.0 Å². The Morgan fingerprint density at radius 2 is 2.17 bits per heavy atom. The molecule has 0 aliphatic carbocycles. The average molecular weight is 364 g/mol. The SMILES string of the molecule is CSC1=Nc2cc3c(cc2C(=S)N2C[C@H](OC(C)=O)C[C@@H]12)OCO3. The Morgan fingerprint density at radius 3 is 2.88 bits per heavy atom. The Hall–Kier alpha value is -1.80. The maximum atomic E-state index is 11.3. The summed E-state index contributed by atoms with van der Waals surface area (Å²) in [5.74, 6) is 1.11. The minimum absolute atomic E-state index is 0.0286. The summed E-state index contributed by atoms with van der Waals surface area (Å²) in [7, 11) is 0. The molecule has 0 aromatic heterocycles. The molecule has 0 spiro atoms. The van der Waals surface area contributed by atoms with E-state index in [0.29, 0.717) is 29.5 Å². The number of rotatable bonds is 1. The van der Waals surface area contributed by atoms with Crippen LogP contribution >= 0.6 is 24.0 Å². The van der Waals surface area contributed by atoms with E-state index in [4.69, 9.17) is 31.4 Å². The molecule has 1 aromatic carbocycles. The fourth-order valence-corrected chi connectivity index (χ4v) is 4.35. The normalized spacial score (nSPS) is 24.2. The molecule has 8 heteroatoms. The monoisotopic (exact) mass is 364 g/mol. The van der Waals surface area contributed by atoms with Gasteiger partial charge >= 0.3 is 5.97 Å². The number of nitrogens with zero attached hydrogens (tertiary/aromatic N) is 2. The number of fused-ring (bicyclic) bond motifs is 3. The number of benzene rings is 1. The van der Waals surface area contributed by atoms with Crippen LogP contribution in [0.4, 0.5) is 5.69 Å². The molecular formula is C16H16N2O4S2. The van der Waals surface area contributed by atoms with Gasteiger partial charge in [-0.15, -0.1) is 11.8 Å². The van der Waals surface area contributed by atoms with Crippen molar-refractivity contribution >= 4 is 45.7 Å². The zero-order chi connectivity index (χ0) is 16.8. The summed E-state index contributed by atoms with van der Waals surface area (Å²) < 4.78 is 16.3. The predicted molar refractivity (Wildman–Crippen MR) is 95.5 cm³/mol. The lowest BCUT2D eigenvalue weighted by atomic mass is 10.1. The smallest absolute Gasteiger partial charge is 0.302 e. The quantitative estimate of drug-likeness (QED) is 0.560. The summed E-state index contributed by atoms with van der Waals surface area (Å²) >= 11 is 7.32. The summed E-state index contributed by atoms with van der Waals surface area (Å²) in [5.41, 5.74) is 1.65. The van der Waals surface area contributed by atoms with E-state index in [0.717, 1.165) is 16.3 Å². The third-order valence-corrected chi connectivity index (χ3v) is 5.54. The molecule has 24 heavy (non-hydrogen) atoms. The van der Waals surface area contributed by atoms with E-state index in [1.807, 2.05) is 18.4 Å². The van der Waals surface area contributed by atoms with Gasteiger partial charge in [0.1, 0.15) is 11.1 Å². The topological polar surface area (TPSA) is 60.4 Å². The molecule has 3 aliphatic rings. The molecule has 0 N–H and O–H groups in total. The summed E-state index contributed by atoms with van der Waals surface area (Å²) in [6, 6.07) is 3.80. The summed E-state index contributed by atoms with van der Waals surface area (Å²) in [5, 5.41) is 0.963. The van der Waals surface area contributed by atoms with Crippen molar-refractivity contribution in [3.8, 4) is 11.5 Å². The number of ether oxygens (including phenoxy) is 3. The number of hydrogen-bond donors (Lipinski definition) is 0. The fraction of sp³-hybridized carbons (Fsp3) is 0.438. The lowest BCUT2D eigenvalue weighted by Gasteiger charge is -2.25. The standard InChI is InChI=1S/C16H16N2O4S2/c1-8(19)22-9-3-12-15(24-2)17-11-5-14-13(20-7-21-14)4-10(11)16(23)18(12)6-9/h4-5,9,12H,3,6-7H2,1-2H3/t9-,12+/m1/s1. The van der Waals surface area contributed by atoms with Crippen molar-refractivity contribution in [3.63, 3.8) is 0 Å². The molecule has 0 amide bonds. The second kappa shape index (κ2) is 5.93. The number of thioether (sulfide) groups is 1. The lowest BCUT2D eigenvalue weighted by molar-refractivity contribution is -0.145. The van der Waals surface area contributed by atoms with Gasteiger partial charge in [0, 0.05) is 25.0 Å². The van der Waals surface area contributed by atoms with Crippen molar-refractivity contribution in [3.05, 3.63) is 17.7 Å². The predicted octanol–water partition coefficient (Wildman–Crippen LogP) is 2.50. The average Bonchev–Trinajstić information content (AvgIpc) is 3.14. The summed E-state index contributed by atoms with van der Waals surface area (Å²) in [6.07, 6.45) is 2.52. The minimum atomic E-state index is -0.269. The Morgan fingerprint density at radius 1 is 1.42 bits per heavy atom. The Balaban J connectivity index is 1.75. The van der Waals surface area contributed by atoms with E-state index < -0.39 is 0 Å². The zero-order valence-electron chi connectivity index (χ0n) is 13.3. The van der Waals surface area contributed by atoms with Crippen LogP contribution in [0.15, 0.2) is 17.1 Å². The maximum Gasteiger partial charge on any atom is 0.302 e. The molecule has 0 saturated carbocycles. The van der Waals surface area contributed by atoms with Gasteiger partial charge in [-0.2, -0.15) is 0 Å². The van der Waals surface area contributed by atoms with E-state index in [2.05, 4.69) is 4.90 Å². The third-order valence-electron chi connectivity index (χ3n) is 4.30. The van der Waals surface area contributed by atoms with Gasteiger partial charge in [0.2, 0.25) is 6.79 Å². The Bertz CT molecular complexity index is 765. The maximum absolute atomic E-state index is 11.3. The minimum Gasteiger partial charge on any atom is -0.461 e. The van der Waals surface area contributed by atoms with Gasteiger partial charge in [-0.05, 0) is 12.3 Å². The van der Waals surface area contributed by atoms with Crippen LogP contribution in [0.5, 0.6) is 11.5 Å². The molecule has 6 nitrogen and oxygen atoms in total. The van der Waals surface area contributed by atoms with Crippen molar-refractivity contribution in [2.75, 3.05) is 19.6 Å².